The van der Waals surface area contributed by atoms with Crippen molar-refractivity contribution in [3.63, 3.8) is 0 Å². The lowest BCUT2D eigenvalue weighted by atomic mass is 9.94. The maximum Gasteiger partial charge on any atom is 0.143 e. The van der Waals surface area contributed by atoms with Crippen molar-refractivity contribution >= 4 is 16.6 Å². The van der Waals surface area contributed by atoms with E-state index in [4.69, 9.17) is 0 Å². The summed E-state index contributed by atoms with van der Waals surface area (Å²) < 4.78 is 0. The van der Waals surface area contributed by atoms with Gasteiger partial charge >= 0.3 is 0 Å². The lowest BCUT2D eigenvalue weighted by Crippen LogP contribution is -2.34. The molecule has 0 aliphatic carbocycles. The number of rotatable bonds is 3. The summed E-state index contributed by atoms with van der Waals surface area (Å²) in [6.07, 6.45) is 1.07. The first-order valence-corrected chi connectivity index (χ1v) is 8.20. The molecule has 0 amide bonds. The minimum atomic E-state index is 0.271. The minimum absolute atomic E-state index is 0.271. The van der Waals surface area contributed by atoms with Crippen molar-refractivity contribution in [3.05, 3.63) is 71.4 Å². The van der Waals surface area contributed by atoms with Crippen LogP contribution in [-0.4, -0.2) is 18.1 Å². The molecule has 118 valence electrons. The van der Waals surface area contributed by atoms with E-state index in [2.05, 4.69) is 46.0 Å². The monoisotopic (exact) mass is 314 g/mol. The fourth-order valence-corrected chi connectivity index (χ4v) is 3.37. The van der Waals surface area contributed by atoms with Gasteiger partial charge in [-0.2, -0.15) is 5.26 Å². The SMILES string of the molecule is N#Cc1cc(NCC2NCCc3ccccc32)c2ccccc2n1. The Kier molecular flexibility index (Phi) is 3.86. The van der Waals surface area contributed by atoms with Gasteiger partial charge in [0, 0.05) is 23.7 Å². The second-order valence-corrected chi connectivity index (χ2v) is 6.02. The van der Waals surface area contributed by atoms with Gasteiger partial charge in [0.2, 0.25) is 0 Å². The third-order valence-corrected chi connectivity index (χ3v) is 4.54. The van der Waals surface area contributed by atoms with Gasteiger partial charge in [-0.25, -0.2) is 4.98 Å². The first kappa shape index (κ1) is 14.7. The lowest BCUT2D eigenvalue weighted by molar-refractivity contribution is 0.523. The Morgan fingerprint density at radius 1 is 1.17 bits per heavy atom. The quantitative estimate of drug-likeness (QED) is 0.778. The molecule has 1 aliphatic heterocycles. The smallest absolute Gasteiger partial charge is 0.143 e. The van der Waals surface area contributed by atoms with Gasteiger partial charge in [-0.05, 0) is 36.2 Å². The average molecular weight is 314 g/mol. The Labute approximate surface area is 141 Å². The highest BCUT2D eigenvalue weighted by atomic mass is 15.0. The molecule has 4 heteroatoms. The number of nitrogens with one attached hydrogen (secondary N) is 2. The molecule has 1 atom stereocenters. The molecule has 3 aromatic rings. The number of hydrogen-bond acceptors (Lipinski definition) is 4. The van der Waals surface area contributed by atoms with Crippen LogP contribution in [0.2, 0.25) is 0 Å². The molecule has 0 fully saturated rings. The van der Waals surface area contributed by atoms with E-state index in [0.29, 0.717) is 5.69 Å². The van der Waals surface area contributed by atoms with Crippen LogP contribution < -0.4 is 10.6 Å². The molecular formula is C20H18N4. The van der Waals surface area contributed by atoms with Gasteiger partial charge < -0.3 is 10.6 Å². The molecule has 0 saturated carbocycles. The first-order chi connectivity index (χ1) is 11.8. The van der Waals surface area contributed by atoms with E-state index in [9.17, 15) is 5.26 Å². The zero-order chi connectivity index (χ0) is 16.4. The Bertz CT molecular complexity index is 926. The highest BCUT2D eigenvalue weighted by Gasteiger charge is 2.19. The number of pyridine rings is 1. The number of anilines is 1. The summed E-state index contributed by atoms with van der Waals surface area (Å²) in [5, 5.41) is 17.4. The molecule has 0 spiro atoms. The molecule has 2 aromatic carbocycles. The molecule has 0 saturated heterocycles. The van der Waals surface area contributed by atoms with Crippen molar-refractivity contribution in [1.82, 2.24) is 10.3 Å². The fraction of sp³-hybridized carbons (Fsp3) is 0.200. The summed E-state index contributed by atoms with van der Waals surface area (Å²) >= 11 is 0. The first-order valence-electron chi connectivity index (χ1n) is 8.20. The largest absolute Gasteiger partial charge is 0.382 e. The molecule has 1 aromatic heterocycles. The number of aromatic nitrogens is 1. The number of nitrogens with zero attached hydrogens (tertiary/aromatic N) is 2. The molecule has 0 bridgehead atoms. The molecule has 2 N–H and O–H groups in total. The highest BCUT2D eigenvalue weighted by Crippen LogP contribution is 2.26. The van der Waals surface area contributed by atoms with Crippen molar-refractivity contribution in [3.8, 4) is 6.07 Å². The molecule has 0 radical (unpaired) electrons. The maximum atomic E-state index is 9.22. The van der Waals surface area contributed by atoms with Gasteiger partial charge in [-0.15, -0.1) is 0 Å². The van der Waals surface area contributed by atoms with E-state index < -0.39 is 0 Å². The van der Waals surface area contributed by atoms with E-state index >= 15 is 0 Å². The predicted octanol–water partition coefficient (Wildman–Crippen LogP) is 3.41. The zero-order valence-corrected chi connectivity index (χ0v) is 13.3. The van der Waals surface area contributed by atoms with E-state index in [1.165, 1.54) is 11.1 Å². The Morgan fingerprint density at radius 3 is 2.92 bits per heavy atom. The lowest BCUT2D eigenvalue weighted by Gasteiger charge is -2.27. The summed E-state index contributed by atoms with van der Waals surface area (Å²) in [5.41, 5.74) is 5.02. The van der Waals surface area contributed by atoms with Crippen LogP contribution in [0.5, 0.6) is 0 Å². The van der Waals surface area contributed by atoms with Crippen molar-refractivity contribution in [2.45, 2.75) is 12.5 Å². The molecule has 24 heavy (non-hydrogen) atoms. The van der Waals surface area contributed by atoms with Crippen molar-refractivity contribution in [2.24, 2.45) is 0 Å². The fourth-order valence-electron chi connectivity index (χ4n) is 3.37. The van der Waals surface area contributed by atoms with E-state index in [1.54, 1.807) is 0 Å². The van der Waals surface area contributed by atoms with Crippen LogP contribution in [0.4, 0.5) is 5.69 Å². The summed E-state index contributed by atoms with van der Waals surface area (Å²) in [7, 11) is 0. The van der Waals surface area contributed by atoms with E-state index in [1.807, 2.05) is 30.3 Å². The van der Waals surface area contributed by atoms with Gasteiger partial charge in [0.25, 0.3) is 0 Å². The van der Waals surface area contributed by atoms with Gasteiger partial charge in [0.15, 0.2) is 0 Å². The topological polar surface area (TPSA) is 60.7 Å². The van der Waals surface area contributed by atoms with Crippen LogP contribution in [0.15, 0.2) is 54.6 Å². The van der Waals surface area contributed by atoms with Crippen molar-refractivity contribution < 1.29 is 0 Å². The number of nitriles is 1. The van der Waals surface area contributed by atoms with E-state index in [0.717, 1.165) is 36.1 Å². The number of hydrogen-bond donors (Lipinski definition) is 2. The van der Waals surface area contributed by atoms with Crippen LogP contribution in [0, 0.1) is 11.3 Å². The normalized spacial score (nSPS) is 16.4. The van der Waals surface area contributed by atoms with Crippen LogP contribution in [0.1, 0.15) is 22.9 Å². The van der Waals surface area contributed by atoms with Crippen LogP contribution in [0.25, 0.3) is 10.9 Å². The van der Waals surface area contributed by atoms with Crippen molar-refractivity contribution in [2.75, 3.05) is 18.4 Å². The molecule has 4 rings (SSSR count). The molecule has 1 aliphatic rings. The van der Waals surface area contributed by atoms with Gasteiger partial charge in [0.05, 0.1) is 5.52 Å². The van der Waals surface area contributed by atoms with Gasteiger partial charge in [-0.1, -0.05) is 42.5 Å². The zero-order valence-electron chi connectivity index (χ0n) is 13.3. The average Bonchev–Trinajstić information content (AvgIpc) is 2.65. The highest BCUT2D eigenvalue weighted by molar-refractivity contribution is 5.91. The van der Waals surface area contributed by atoms with Crippen LogP contribution >= 0.6 is 0 Å². The Balaban J connectivity index is 1.63. The Morgan fingerprint density at radius 2 is 2.00 bits per heavy atom. The standard InChI is InChI=1S/C20H18N4/c21-12-15-11-19(17-7-3-4-8-18(17)24-15)23-13-20-16-6-2-1-5-14(16)9-10-22-20/h1-8,11,20,22H,9-10,13H2,(H,23,24). The summed E-state index contributed by atoms with van der Waals surface area (Å²) in [4.78, 5) is 4.37. The summed E-state index contributed by atoms with van der Waals surface area (Å²) in [5.74, 6) is 0. The maximum absolute atomic E-state index is 9.22. The molecule has 1 unspecified atom stereocenters. The second kappa shape index (κ2) is 6.31. The predicted molar refractivity (Wildman–Crippen MR) is 95.8 cm³/mol. The number of para-hydroxylation sites is 1. The summed E-state index contributed by atoms with van der Waals surface area (Å²) in [6, 6.07) is 20.8. The minimum Gasteiger partial charge on any atom is -0.382 e. The molecular weight excluding hydrogens is 296 g/mol. The molecule has 2 heterocycles. The van der Waals surface area contributed by atoms with Gasteiger partial charge in [-0.3, -0.25) is 0 Å². The van der Waals surface area contributed by atoms with Gasteiger partial charge in [0.1, 0.15) is 11.8 Å². The third-order valence-electron chi connectivity index (χ3n) is 4.54. The van der Waals surface area contributed by atoms with E-state index in [-0.39, 0.29) is 6.04 Å². The van der Waals surface area contributed by atoms with Crippen LogP contribution in [0.3, 0.4) is 0 Å². The van der Waals surface area contributed by atoms with Crippen LogP contribution in [-0.2, 0) is 6.42 Å². The number of benzene rings is 2. The molecule has 4 nitrogen and oxygen atoms in total. The third kappa shape index (κ3) is 2.70. The van der Waals surface area contributed by atoms with Crippen molar-refractivity contribution in [1.29, 1.82) is 5.26 Å². The summed E-state index contributed by atoms with van der Waals surface area (Å²) in [6.45, 7) is 1.76. The second-order valence-electron chi connectivity index (χ2n) is 6.02. The Hall–Kier alpha value is -2.90. The number of fused-ring (bicyclic) bond motifs is 2.